The molecule has 0 aliphatic carbocycles. The lowest BCUT2D eigenvalue weighted by molar-refractivity contribution is 0.360. The predicted octanol–water partition coefficient (Wildman–Crippen LogP) is 2.64. The van der Waals surface area contributed by atoms with Gasteiger partial charge in [0.1, 0.15) is 5.75 Å². The van der Waals surface area contributed by atoms with Gasteiger partial charge in [0.15, 0.2) is 0 Å². The molecule has 2 aromatic rings. The topological polar surface area (TPSA) is 17.4 Å². The fourth-order valence-electron chi connectivity index (χ4n) is 2.21. The van der Waals surface area contributed by atoms with Gasteiger partial charge in [-0.05, 0) is 38.2 Å². The van der Waals surface area contributed by atoms with Gasteiger partial charge in [-0.1, -0.05) is 5.92 Å². The molecule has 0 fully saturated rings. The second-order valence-electron chi connectivity index (χ2n) is 4.72. The Kier molecular flexibility index (Phi) is 4.13. The van der Waals surface area contributed by atoms with Crippen molar-refractivity contribution < 1.29 is 4.74 Å². The van der Waals surface area contributed by atoms with E-state index in [9.17, 15) is 0 Å². The number of benzene rings is 1. The molecule has 19 heavy (non-hydrogen) atoms. The maximum Gasteiger partial charge on any atom is 0.119 e. The zero-order chi connectivity index (χ0) is 13.8. The molecule has 0 aliphatic rings. The summed E-state index contributed by atoms with van der Waals surface area (Å²) in [6, 6.07) is 8.39. The molecule has 0 saturated carbocycles. The number of ether oxygens (including phenoxy) is 1. The molecule has 100 valence electrons. The Labute approximate surface area is 114 Å². The second-order valence-corrected chi connectivity index (χ2v) is 4.72. The van der Waals surface area contributed by atoms with Crippen molar-refractivity contribution in [3.63, 3.8) is 0 Å². The van der Waals surface area contributed by atoms with Gasteiger partial charge in [-0.25, -0.2) is 0 Å². The summed E-state index contributed by atoms with van der Waals surface area (Å²) < 4.78 is 7.49. The molecule has 0 amide bonds. The van der Waals surface area contributed by atoms with E-state index in [0.29, 0.717) is 0 Å². The highest BCUT2D eigenvalue weighted by Crippen LogP contribution is 2.24. The Balaban J connectivity index is 2.28. The Morgan fingerprint density at radius 1 is 1.32 bits per heavy atom. The molecule has 0 spiro atoms. The summed E-state index contributed by atoms with van der Waals surface area (Å²) in [6.07, 6.45) is 0. The Morgan fingerprint density at radius 3 is 2.79 bits per heavy atom. The quantitative estimate of drug-likeness (QED) is 0.782. The Morgan fingerprint density at radius 2 is 2.11 bits per heavy atom. The number of hydrogen-bond acceptors (Lipinski definition) is 2. The summed E-state index contributed by atoms with van der Waals surface area (Å²) in [5, 5.41) is 1.21. The zero-order valence-electron chi connectivity index (χ0n) is 12.0. The molecular weight excluding hydrogens is 236 g/mol. The number of fused-ring (bicyclic) bond motifs is 1. The standard InChI is InChI=1S/C16H20N2O/c1-5-6-9-17(2)12-14-10-13-11-15(19-4)7-8-16(13)18(14)3/h7-8,10-11H,9,12H2,1-4H3. The van der Waals surface area contributed by atoms with Crippen LogP contribution >= 0.6 is 0 Å². The average molecular weight is 256 g/mol. The van der Waals surface area contributed by atoms with Gasteiger partial charge in [0.05, 0.1) is 13.7 Å². The Hall–Kier alpha value is -1.92. The van der Waals surface area contributed by atoms with Crippen molar-refractivity contribution in [1.82, 2.24) is 9.47 Å². The van der Waals surface area contributed by atoms with Gasteiger partial charge in [0.2, 0.25) is 0 Å². The summed E-state index contributed by atoms with van der Waals surface area (Å²) in [4.78, 5) is 2.21. The molecular formula is C16H20N2O. The number of aromatic nitrogens is 1. The van der Waals surface area contributed by atoms with Gasteiger partial charge < -0.3 is 9.30 Å². The largest absolute Gasteiger partial charge is 0.497 e. The molecule has 3 nitrogen and oxygen atoms in total. The molecule has 1 heterocycles. The lowest BCUT2D eigenvalue weighted by atomic mass is 10.2. The average Bonchev–Trinajstić information content (AvgIpc) is 2.72. The van der Waals surface area contributed by atoms with Crippen molar-refractivity contribution in [2.24, 2.45) is 7.05 Å². The van der Waals surface area contributed by atoms with Gasteiger partial charge in [-0.15, -0.1) is 5.92 Å². The number of rotatable bonds is 4. The first-order chi connectivity index (χ1) is 9.15. The predicted molar refractivity (Wildman–Crippen MR) is 79.3 cm³/mol. The number of methoxy groups -OCH3 is 1. The van der Waals surface area contributed by atoms with Crippen molar-refractivity contribution in [3.8, 4) is 17.6 Å². The van der Waals surface area contributed by atoms with E-state index in [2.05, 4.69) is 53.6 Å². The summed E-state index contributed by atoms with van der Waals surface area (Å²) in [5.74, 6) is 6.91. The van der Waals surface area contributed by atoms with Crippen LogP contribution < -0.4 is 4.74 Å². The molecule has 2 rings (SSSR count). The second kappa shape index (κ2) is 5.81. The van der Waals surface area contributed by atoms with E-state index in [1.807, 2.05) is 13.0 Å². The van der Waals surface area contributed by atoms with E-state index < -0.39 is 0 Å². The molecule has 3 heteroatoms. The third-order valence-electron chi connectivity index (χ3n) is 3.31. The highest BCUT2D eigenvalue weighted by Gasteiger charge is 2.08. The molecule has 0 radical (unpaired) electrons. The molecule has 1 aromatic carbocycles. The van der Waals surface area contributed by atoms with Gasteiger partial charge in [0, 0.05) is 30.2 Å². The fourth-order valence-corrected chi connectivity index (χ4v) is 2.21. The first-order valence-electron chi connectivity index (χ1n) is 6.36. The van der Waals surface area contributed by atoms with Crippen molar-refractivity contribution in [2.75, 3.05) is 20.7 Å². The maximum absolute atomic E-state index is 5.27. The van der Waals surface area contributed by atoms with E-state index in [1.165, 1.54) is 16.6 Å². The minimum Gasteiger partial charge on any atom is -0.497 e. The van der Waals surface area contributed by atoms with Crippen molar-refractivity contribution in [2.45, 2.75) is 13.5 Å². The molecule has 0 unspecified atom stereocenters. The van der Waals surface area contributed by atoms with Crippen LogP contribution in [-0.2, 0) is 13.6 Å². The van der Waals surface area contributed by atoms with Crippen LogP contribution in [-0.4, -0.2) is 30.2 Å². The zero-order valence-corrected chi connectivity index (χ0v) is 12.0. The normalized spacial score (nSPS) is 10.6. The maximum atomic E-state index is 5.27. The lowest BCUT2D eigenvalue weighted by Crippen LogP contribution is -2.19. The monoisotopic (exact) mass is 256 g/mol. The van der Waals surface area contributed by atoms with Crippen LogP contribution in [0.25, 0.3) is 10.9 Å². The van der Waals surface area contributed by atoms with Crippen LogP contribution in [0.3, 0.4) is 0 Å². The van der Waals surface area contributed by atoms with Gasteiger partial charge >= 0.3 is 0 Å². The first kappa shape index (κ1) is 13.5. The molecule has 0 saturated heterocycles. The van der Waals surface area contributed by atoms with E-state index >= 15 is 0 Å². The van der Waals surface area contributed by atoms with Crippen LogP contribution in [0.1, 0.15) is 12.6 Å². The minimum atomic E-state index is 0.793. The highest BCUT2D eigenvalue weighted by molar-refractivity contribution is 5.82. The number of nitrogens with zero attached hydrogens (tertiary/aromatic N) is 2. The number of hydrogen-bond donors (Lipinski definition) is 0. The molecule has 0 bridgehead atoms. The summed E-state index contributed by atoms with van der Waals surface area (Å²) in [5.41, 5.74) is 2.51. The molecule has 0 N–H and O–H groups in total. The SMILES string of the molecule is CC#CCN(C)Cc1cc2cc(OC)ccc2n1C. The fraction of sp³-hybridized carbons (Fsp3) is 0.375. The Bertz CT molecular complexity index is 631. The van der Waals surface area contributed by atoms with E-state index in [0.717, 1.165) is 18.8 Å². The van der Waals surface area contributed by atoms with Crippen molar-refractivity contribution in [1.29, 1.82) is 0 Å². The third kappa shape index (κ3) is 2.91. The van der Waals surface area contributed by atoms with E-state index in [-0.39, 0.29) is 0 Å². The minimum absolute atomic E-state index is 0.793. The van der Waals surface area contributed by atoms with Crippen LogP contribution in [0.15, 0.2) is 24.3 Å². The van der Waals surface area contributed by atoms with Gasteiger partial charge in [0.25, 0.3) is 0 Å². The van der Waals surface area contributed by atoms with Crippen LogP contribution in [0.2, 0.25) is 0 Å². The summed E-state index contributed by atoms with van der Waals surface area (Å²) >= 11 is 0. The van der Waals surface area contributed by atoms with Crippen molar-refractivity contribution in [3.05, 3.63) is 30.0 Å². The van der Waals surface area contributed by atoms with Crippen LogP contribution in [0, 0.1) is 11.8 Å². The third-order valence-corrected chi connectivity index (χ3v) is 3.31. The smallest absolute Gasteiger partial charge is 0.119 e. The molecule has 0 atom stereocenters. The molecule has 0 aliphatic heterocycles. The lowest BCUT2D eigenvalue weighted by Gasteiger charge is -2.13. The van der Waals surface area contributed by atoms with Crippen LogP contribution in [0.4, 0.5) is 0 Å². The van der Waals surface area contributed by atoms with E-state index in [4.69, 9.17) is 4.74 Å². The summed E-state index contributed by atoms with van der Waals surface area (Å²) in [6.45, 7) is 3.56. The van der Waals surface area contributed by atoms with Gasteiger partial charge in [-0.2, -0.15) is 0 Å². The van der Waals surface area contributed by atoms with Crippen molar-refractivity contribution >= 4 is 10.9 Å². The summed E-state index contributed by atoms with van der Waals surface area (Å²) in [7, 11) is 5.88. The van der Waals surface area contributed by atoms with Crippen LogP contribution in [0.5, 0.6) is 5.75 Å². The van der Waals surface area contributed by atoms with Gasteiger partial charge in [-0.3, -0.25) is 4.90 Å². The highest BCUT2D eigenvalue weighted by atomic mass is 16.5. The van der Waals surface area contributed by atoms with E-state index in [1.54, 1.807) is 7.11 Å². The number of aryl methyl sites for hydroxylation is 1. The molecule has 1 aromatic heterocycles. The first-order valence-corrected chi connectivity index (χ1v) is 6.36.